The molecule has 0 aliphatic carbocycles. The minimum atomic E-state index is -1.79. The fourth-order valence-corrected chi connectivity index (χ4v) is 3.11. The maximum absolute atomic E-state index is 12.3. The van der Waals surface area contributed by atoms with Crippen LogP contribution < -0.4 is 16.0 Å². The van der Waals surface area contributed by atoms with Gasteiger partial charge in [0.05, 0.1) is 18.9 Å². The summed E-state index contributed by atoms with van der Waals surface area (Å²) in [5.74, 6) is 0. The van der Waals surface area contributed by atoms with E-state index in [9.17, 15) is 4.79 Å². The van der Waals surface area contributed by atoms with Gasteiger partial charge in [-0.25, -0.2) is 4.79 Å². The highest BCUT2D eigenvalue weighted by molar-refractivity contribution is 14.1. The molecular formula is C14H16Cl3IN4O2S. The van der Waals surface area contributed by atoms with E-state index >= 15 is 0 Å². The molecule has 1 aliphatic rings. The van der Waals surface area contributed by atoms with Crippen LogP contribution in [0.15, 0.2) is 24.3 Å². The van der Waals surface area contributed by atoms with E-state index in [0.29, 0.717) is 26.3 Å². The topological polar surface area (TPSA) is 65.6 Å². The van der Waals surface area contributed by atoms with E-state index in [-0.39, 0.29) is 11.1 Å². The largest absolute Gasteiger partial charge is 0.378 e. The Hall–Kier alpha value is -0.260. The Bertz CT molecular complexity index is 626. The second-order valence-electron chi connectivity index (χ2n) is 5.10. The van der Waals surface area contributed by atoms with Gasteiger partial charge < -0.3 is 25.6 Å². The SMILES string of the molecule is O=C(NC(NC(=S)Nc1ccccc1I)C(Cl)(Cl)Cl)N1CCOCC1. The lowest BCUT2D eigenvalue weighted by Gasteiger charge is -2.32. The monoisotopic (exact) mass is 536 g/mol. The van der Waals surface area contributed by atoms with Crippen molar-refractivity contribution in [3.8, 4) is 0 Å². The Morgan fingerprint density at radius 3 is 2.48 bits per heavy atom. The van der Waals surface area contributed by atoms with Crippen LogP contribution in [0.5, 0.6) is 0 Å². The third-order valence-electron chi connectivity index (χ3n) is 3.29. The molecule has 1 aromatic rings. The summed E-state index contributed by atoms with van der Waals surface area (Å²) in [7, 11) is 0. The van der Waals surface area contributed by atoms with E-state index in [1.54, 1.807) is 4.90 Å². The summed E-state index contributed by atoms with van der Waals surface area (Å²) in [6.07, 6.45) is -1.01. The van der Waals surface area contributed by atoms with Gasteiger partial charge in [0.2, 0.25) is 3.79 Å². The number of hydrogen-bond donors (Lipinski definition) is 3. The molecule has 25 heavy (non-hydrogen) atoms. The molecule has 0 spiro atoms. The molecule has 2 rings (SSSR count). The van der Waals surface area contributed by atoms with E-state index in [2.05, 4.69) is 38.5 Å². The summed E-state index contributed by atoms with van der Waals surface area (Å²) >= 11 is 25.4. The highest BCUT2D eigenvalue weighted by atomic mass is 127. The first-order valence-electron chi connectivity index (χ1n) is 7.29. The summed E-state index contributed by atoms with van der Waals surface area (Å²) in [6, 6.07) is 7.23. The molecule has 3 N–H and O–H groups in total. The number of ether oxygens (including phenoxy) is 1. The molecule has 0 aromatic heterocycles. The van der Waals surface area contributed by atoms with Crippen LogP contribution in [0.3, 0.4) is 0 Å². The van der Waals surface area contributed by atoms with Crippen molar-refractivity contribution in [2.45, 2.75) is 9.96 Å². The van der Waals surface area contributed by atoms with E-state index in [0.717, 1.165) is 9.26 Å². The first-order chi connectivity index (χ1) is 11.8. The Kier molecular flexibility index (Phi) is 8.09. The zero-order valence-corrected chi connectivity index (χ0v) is 18.1. The van der Waals surface area contributed by atoms with Crippen LogP contribution in [-0.4, -0.2) is 52.3 Å². The minimum Gasteiger partial charge on any atom is -0.378 e. The minimum absolute atomic E-state index is 0.225. The number of benzene rings is 1. The number of morpholine rings is 1. The predicted octanol–water partition coefficient (Wildman–Crippen LogP) is 3.32. The first-order valence-corrected chi connectivity index (χ1v) is 9.91. The van der Waals surface area contributed by atoms with E-state index in [1.165, 1.54) is 0 Å². The standard InChI is InChI=1S/C14H16Cl3IN4O2S/c15-14(16,17)11(21-13(23)22-5-7-24-8-6-22)20-12(25)19-10-4-2-1-3-9(10)18/h1-4,11H,5-8H2,(H,21,23)(H2,19,20,25). The number of halogens is 4. The summed E-state index contributed by atoms with van der Waals surface area (Å²) in [5, 5.41) is 8.73. The van der Waals surface area contributed by atoms with Gasteiger partial charge in [-0.05, 0) is 46.9 Å². The molecule has 0 radical (unpaired) electrons. The fourth-order valence-electron chi connectivity index (χ4n) is 2.03. The predicted molar refractivity (Wildman–Crippen MR) is 114 cm³/mol. The molecule has 1 fully saturated rings. The molecule has 11 heteroatoms. The van der Waals surface area contributed by atoms with Gasteiger partial charge in [-0.15, -0.1) is 0 Å². The zero-order chi connectivity index (χ0) is 18.4. The number of anilines is 1. The average molecular weight is 538 g/mol. The normalized spacial score (nSPS) is 16.1. The van der Waals surface area contributed by atoms with Crippen LogP contribution in [-0.2, 0) is 4.74 Å². The molecule has 0 saturated carbocycles. The Labute approximate surface area is 180 Å². The van der Waals surface area contributed by atoms with Crippen molar-refractivity contribution in [1.29, 1.82) is 0 Å². The number of thiocarbonyl (C=S) groups is 1. The molecule has 6 nitrogen and oxygen atoms in total. The highest BCUT2D eigenvalue weighted by Crippen LogP contribution is 2.29. The van der Waals surface area contributed by atoms with Gasteiger partial charge in [0.25, 0.3) is 0 Å². The van der Waals surface area contributed by atoms with Gasteiger partial charge in [0.15, 0.2) is 11.3 Å². The number of carbonyl (C=O) groups excluding carboxylic acids is 1. The van der Waals surface area contributed by atoms with Crippen molar-refractivity contribution in [3.63, 3.8) is 0 Å². The number of nitrogens with one attached hydrogen (secondary N) is 3. The van der Waals surface area contributed by atoms with E-state index in [1.807, 2.05) is 24.3 Å². The number of urea groups is 1. The molecule has 138 valence electrons. The van der Waals surface area contributed by atoms with E-state index < -0.39 is 9.96 Å². The fraction of sp³-hybridized carbons (Fsp3) is 0.429. The lowest BCUT2D eigenvalue weighted by atomic mass is 10.3. The van der Waals surface area contributed by atoms with Gasteiger partial charge in [0.1, 0.15) is 0 Å². The molecular weight excluding hydrogens is 522 g/mol. The van der Waals surface area contributed by atoms with Crippen molar-refractivity contribution >= 4 is 86.4 Å². The van der Waals surface area contributed by atoms with Crippen molar-refractivity contribution < 1.29 is 9.53 Å². The van der Waals surface area contributed by atoms with Crippen LogP contribution in [0.25, 0.3) is 0 Å². The molecule has 2 amide bonds. The molecule has 1 heterocycles. The second kappa shape index (κ2) is 9.61. The molecule has 1 atom stereocenters. The zero-order valence-electron chi connectivity index (χ0n) is 12.9. The number of amides is 2. The van der Waals surface area contributed by atoms with Gasteiger partial charge in [0, 0.05) is 16.7 Å². The number of rotatable bonds is 3. The molecule has 1 saturated heterocycles. The van der Waals surface area contributed by atoms with Crippen LogP contribution in [0.4, 0.5) is 10.5 Å². The third kappa shape index (κ3) is 6.76. The van der Waals surface area contributed by atoms with Gasteiger partial charge in [-0.3, -0.25) is 0 Å². The molecule has 1 unspecified atom stereocenters. The molecule has 1 aromatic carbocycles. The number of nitrogens with zero attached hydrogens (tertiary/aromatic N) is 1. The van der Waals surface area contributed by atoms with Gasteiger partial charge in [-0.2, -0.15) is 0 Å². The maximum Gasteiger partial charge on any atom is 0.319 e. The number of para-hydroxylation sites is 1. The maximum atomic E-state index is 12.3. The molecule has 0 bridgehead atoms. The second-order valence-corrected chi connectivity index (χ2v) is 9.04. The van der Waals surface area contributed by atoms with Crippen LogP contribution >= 0.6 is 69.6 Å². The quantitative estimate of drug-likeness (QED) is 0.239. The third-order valence-corrected chi connectivity index (χ3v) is 5.11. The summed E-state index contributed by atoms with van der Waals surface area (Å²) in [5.41, 5.74) is 0.808. The Balaban J connectivity index is 1.98. The van der Waals surface area contributed by atoms with Crippen molar-refractivity contribution in [2.24, 2.45) is 0 Å². The average Bonchev–Trinajstić information content (AvgIpc) is 2.56. The smallest absolute Gasteiger partial charge is 0.319 e. The van der Waals surface area contributed by atoms with E-state index in [4.69, 9.17) is 51.8 Å². The summed E-state index contributed by atoms with van der Waals surface area (Å²) in [4.78, 5) is 13.9. The number of hydrogen-bond acceptors (Lipinski definition) is 3. The Morgan fingerprint density at radius 2 is 1.88 bits per heavy atom. The number of carbonyl (C=O) groups is 1. The van der Waals surface area contributed by atoms with Crippen LogP contribution in [0.1, 0.15) is 0 Å². The lowest BCUT2D eigenvalue weighted by Crippen LogP contribution is -2.59. The van der Waals surface area contributed by atoms with Crippen molar-refractivity contribution in [3.05, 3.63) is 27.8 Å². The van der Waals surface area contributed by atoms with Gasteiger partial charge in [-0.1, -0.05) is 46.9 Å². The summed E-state index contributed by atoms with van der Waals surface area (Å²) in [6.45, 7) is 1.91. The van der Waals surface area contributed by atoms with Crippen molar-refractivity contribution in [2.75, 3.05) is 31.6 Å². The van der Waals surface area contributed by atoms with Crippen LogP contribution in [0.2, 0.25) is 0 Å². The van der Waals surface area contributed by atoms with Gasteiger partial charge >= 0.3 is 6.03 Å². The summed E-state index contributed by atoms with van der Waals surface area (Å²) < 4.78 is 4.40. The molecule has 1 aliphatic heterocycles. The highest BCUT2D eigenvalue weighted by Gasteiger charge is 2.35. The van der Waals surface area contributed by atoms with Crippen LogP contribution in [0, 0.1) is 3.57 Å². The lowest BCUT2D eigenvalue weighted by molar-refractivity contribution is 0.0524. The first kappa shape index (κ1) is 21.0. The number of alkyl halides is 3. The van der Waals surface area contributed by atoms with Crippen molar-refractivity contribution in [1.82, 2.24) is 15.5 Å². The Morgan fingerprint density at radius 1 is 1.24 bits per heavy atom.